The first-order valence-corrected chi connectivity index (χ1v) is 9.94. The van der Waals surface area contributed by atoms with Crippen LogP contribution in [0.4, 0.5) is 0 Å². The molecule has 0 unspecified atom stereocenters. The Balaban J connectivity index is 1.46. The molecule has 0 aromatic heterocycles. The van der Waals surface area contributed by atoms with Crippen molar-refractivity contribution in [2.75, 3.05) is 6.61 Å². The Labute approximate surface area is 182 Å². The van der Waals surface area contributed by atoms with Gasteiger partial charge in [0.25, 0.3) is 5.91 Å². The maximum atomic E-state index is 11.8. The van der Waals surface area contributed by atoms with Crippen molar-refractivity contribution in [2.24, 2.45) is 5.10 Å². The Kier molecular flexibility index (Phi) is 7.67. The van der Waals surface area contributed by atoms with E-state index in [1.165, 1.54) is 0 Å². The van der Waals surface area contributed by atoms with Gasteiger partial charge in [0.2, 0.25) is 0 Å². The summed E-state index contributed by atoms with van der Waals surface area (Å²) < 4.78 is 12.0. The molecule has 1 amide bonds. The highest BCUT2D eigenvalue weighted by molar-refractivity contribution is 9.10. The van der Waals surface area contributed by atoms with Crippen molar-refractivity contribution < 1.29 is 14.3 Å². The lowest BCUT2D eigenvalue weighted by atomic mass is 10.2. The first kappa shape index (κ1) is 20.9. The zero-order valence-electron chi connectivity index (χ0n) is 15.3. The molecule has 0 aliphatic heterocycles. The minimum Gasteiger partial charge on any atom is -0.488 e. The summed E-state index contributed by atoms with van der Waals surface area (Å²) in [5.41, 5.74) is 4.33. The zero-order valence-corrected chi connectivity index (χ0v) is 17.7. The van der Waals surface area contributed by atoms with E-state index in [0.29, 0.717) is 17.4 Å². The summed E-state index contributed by atoms with van der Waals surface area (Å²) in [6.45, 7) is 0.339. The molecule has 5 nitrogen and oxygen atoms in total. The second-order valence-corrected chi connectivity index (χ2v) is 7.29. The summed E-state index contributed by atoms with van der Waals surface area (Å²) in [6, 6.07) is 22.3. The van der Waals surface area contributed by atoms with E-state index in [4.69, 9.17) is 21.1 Å². The van der Waals surface area contributed by atoms with Crippen LogP contribution < -0.4 is 14.9 Å². The van der Waals surface area contributed by atoms with Gasteiger partial charge in [-0.1, -0.05) is 41.9 Å². The van der Waals surface area contributed by atoms with Crippen LogP contribution in [0.15, 0.2) is 82.4 Å². The summed E-state index contributed by atoms with van der Waals surface area (Å²) in [5.74, 6) is 0.924. The molecular formula is C22H18BrClN2O3. The first-order valence-electron chi connectivity index (χ1n) is 8.77. The van der Waals surface area contributed by atoms with E-state index in [1.807, 2.05) is 48.5 Å². The van der Waals surface area contributed by atoms with Crippen molar-refractivity contribution in [1.82, 2.24) is 5.43 Å². The molecule has 0 aliphatic carbocycles. The topological polar surface area (TPSA) is 59.9 Å². The number of nitrogens with one attached hydrogen (secondary N) is 1. The molecule has 0 radical (unpaired) electrons. The molecule has 0 saturated carbocycles. The van der Waals surface area contributed by atoms with Gasteiger partial charge in [0.1, 0.15) is 18.1 Å². The van der Waals surface area contributed by atoms with E-state index >= 15 is 0 Å². The Morgan fingerprint density at radius 2 is 1.79 bits per heavy atom. The van der Waals surface area contributed by atoms with Crippen molar-refractivity contribution in [3.63, 3.8) is 0 Å². The molecular weight excluding hydrogens is 456 g/mol. The zero-order chi connectivity index (χ0) is 20.5. The monoisotopic (exact) mass is 472 g/mol. The first-order chi connectivity index (χ1) is 14.1. The van der Waals surface area contributed by atoms with Gasteiger partial charge in [-0.2, -0.15) is 5.10 Å². The van der Waals surface area contributed by atoms with Gasteiger partial charge in [-0.3, -0.25) is 4.79 Å². The van der Waals surface area contributed by atoms with E-state index in [-0.39, 0.29) is 12.5 Å². The van der Waals surface area contributed by atoms with Crippen molar-refractivity contribution in [2.45, 2.75) is 6.61 Å². The number of hydrogen-bond donors (Lipinski definition) is 1. The molecule has 29 heavy (non-hydrogen) atoms. The quantitative estimate of drug-likeness (QED) is 0.361. The third-order valence-corrected chi connectivity index (χ3v) is 4.65. The summed E-state index contributed by atoms with van der Waals surface area (Å²) in [5, 5.41) is 4.55. The maximum Gasteiger partial charge on any atom is 0.277 e. The van der Waals surface area contributed by atoms with Crippen LogP contribution in [-0.2, 0) is 11.4 Å². The van der Waals surface area contributed by atoms with Crippen LogP contribution in [0.2, 0.25) is 5.02 Å². The van der Waals surface area contributed by atoms with Crippen LogP contribution in [0, 0.1) is 0 Å². The highest BCUT2D eigenvalue weighted by Crippen LogP contribution is 2.26. The fraction of sp³-hybridized carbons (Fsp3) is 0.0909. The van der Waals surface area contributed by atoms with Gasteiger partial charge in [0.15, 0.2) is 6.61 Å². The number of hydrazone groups is 1. The van der Waals surface area contributed by atoms with Crippen LogP contribution in [0.25, 0.3) is 0 Å². The third kappa shape index (κ3) is 6.93. The average Bonchev–Trinajstić information content (AvgIpc) is 2.73. The number of carbonyl (C=O) groups excluding carboxylic acids is 1. The number of hydrogen-bond acceptors (Lipinski definition) is 4. The number of rotatable bonds is 8. The van der Waals surface area contributed by atoms with Gasteiger partial charge in [-0.05, 0) is 69.5 Å². The fourth-order valence-electron chi connectivity index (χ4n) is 2.34. The second kappa shape index (κ2) is 10.6. The van der Waals surface area contributed by atoms with E-state index in [1.54, 1.807) is 30.5 Å². The smallest absolute Gasteiger partial charge is 0.277 e. The van der Waals surface area contributed by atoms with Crippen molar-refractivity contribution in [3.05, 3.63) is 93.4 Å². The van der Waals surface area contributed by atoms with Crippen LogP contribution in [0.5, 0.6) is 11.5 Å². The molecule has 0 heterocycles. The minimum absolute atomic E-state index is 0.144. The van der Waals surface area contributed by atoms with Gasteiger partial charge in [-0.15, -0.1) is 0 Å². The minimum atomic E-state index is -0.363. The van der Waals surface area contributed by atoms with Crippen LogP contribution in [0.1, 0.15) is 11.1 Å². The molecule has 3 aromatic carbocycles. The lowest BCUT2D eigenvalue weighted by Crippen LogP contribution is -2.24. The van der Waals surface area contributed by atoms with E-state index in [9.17, 15) is 4.79 Å². The average molecular weight is 474 g/mol. The third-order valence-electron chi connectivity index (χ3n) is 3.78. The lowest BCUT2D eigenvalue weighted by molar-refractivity contribution is -0.123. The lowest BCUT2D eigenvalue weighted by Gasteiger charge is -2.09. The van der Waals surface area contributed by atoms with Crippen molar-refractivity contribution >= 4 is 39.7 Å². The number of benzene rings is 3. The normalized spacial score (nSPS) is 10.7. The Morgan fingerprint density at radius 3 is 2.52 bits per heavy atom. The van der Waals surface area contributed by atoms with Crippen molar-refractivity contribution in [1.29, 1.82) is 0 Å². The highest BCUT2D eigenvalue weighted by atomic mass is 79.9. The Hall–Kier alpha value is -2.83. The molecule has 0 spiro atoms. The SMILES string of the molecule is O=C(COc1ccc(Cl)cc1)N/N=C\c1ccc(OCc2ccccc2)c(Br)c1. The fourth-order valence-corrected chi connectivity index (χ4v) is 2.98. The molecule has 7 heteroatoms. The van der Waals surface area contributed by atoms with Crippen LogP contribution in [-0.4, -0.2) is 18.7 Å². The summed E-state index contributed by atoms with van der Waals surface area (Å²) in [6.07, 6.45) is 1.55. The maximum absolute atomic E-state index is 11.8. The van der Waals surface area contributed by atoms with E-state index in [2.05, 4.69) is 26.5 Å². The van der Waals surface area contributed by atoms with Gasteiger partial charge in [0, 0.05) is 5.02 Å². The number of carbonyl (C=O) groups is 1. The van der Waals surface area contributed by atoms with Crippen LogP contribution >= 0.6 is 27.5 Å². The molecule has 3 rings (SSSR count). The molecule has 0 atom stereocenters. The number of nitrogens with zero attached hydrogens (tertiary/aromatic N) is 1. The standard InChI is InChI=1S/C22H18BrClN2O3/c23-20-12-17(6-11-21(20)29-14-16-4-2-1-3-5-16)13-25-26-22(27)15-28-19-9-7-18(24)8-10-19/h1-13H,14-15H2,(H,26,27)/b25-13-. The molecule has 148 valence electrons. The summed E-state index contributed by atoms with van der Waals surface area (Å²) >= 11 is 9.30. The number of amides is 1. The van der Waals surface area contributed by atoms with Gasteiger partial charge in [-0.25, -0.2) is 5.43 Å². The molecule has 1 N–H and O–H groups in total. The molecule has 0 fully saturated rings. The summed E-state index contributed by atoms with van der Waals surface area (Å²) in [7, 11) is 0. The highest BCUT2D eigenvalue weighted by Gasteiger charge is 2.04. The van der Waals surface area contributed by atoms with Gasteiger partial charge in [0.05, 0.1) is 10.7 Å². The second-order valence-electron chi connectivity index (χ2n) is 6.00. The molecule has 3 aromatic rings. The Morgan fingerprint density at radius 1 is 1.03 bits per heavy atom. The largest absolute Gasteiger partial charge is 0.488 e. The molecule has 0 aliphatic rings. The number of ether oxygens (including phenoxy) is 2. The van der Waals surface area contributed by atoms with E-state index < -0.39 is 0 Å². The summed E-state index contributed by atoms with van der Waals surface area (Å²) in [4.78, 5) is 11.8. The molecule has 0 bridgehead atoms. The van der Waals surface area contributed by atoms with Gasteiger partial charge < -0.3 is 9.47 Å². The van der Waals surface area contributed by atoms with Gasteiger partial charge >= 0.3 is 0 Å². The van der Waals surface area contributed by atoms with Crippen LogP contribution in [0.3, 0.4) is 0 Å². The number of halogens is 2. The predicted molar refractivity (Wildman–Crippen MR) is 118 cm³/mol. The van der Waals surface area contributed by atoms with Crippen molar-refractivity contribution in [3.8, 4) is 11.5 Å². The molecule has 0 saturated heterocycles. The Bertz CT molecular complexity index is 979. The van der Waals surface area contributed by atoms with E-state index in [0.717, 1.165) is 21.3 Å². The predicted octanol–water partition coefficient (Wildman–Crippen LogP) is 5.21.